The van der Waals surface area contributed by atoms with Crippen LogP contribution in [-0.4, -0.2) is 38.1 Å². The van der Waals surface area contributed by atoms with Crippen molar-refractivity contribution in [1.82, 2.24) is 4.98 Å². The number of H-pyrrole nitrogens is 1. The molecule has 7 nitrogen and oxygen atoms in total. The van der Waals surface area contributed by atoms with Crippen molar-refractivity contribution < 1.29 is 28.5 Å². The van der Waals surface area contributed by atoms with Crippen LogP contribution in [-0.2, 0) is 9.53 Å². The van der Waals surface area contributed by atoms with E-state index in [4.69, 9.17) is 18.9 Å². The fraction of sp³-hybridized carbons (Fsp3) is 0.143. The number of fused-ring (bicyclic) bond motifs is 1. The summed E-state index contributed by atoms with van der Waals surface area (Å²) in [4.78, 5) is 29.4. The van der Waals surface area contributed by atoms with Crippen LogP contribution in [0.2, 0.25) is 0 Å². The number of ether oxygens (including phenoxy) is 4. The Bertz CT molecular complexity index is 1350. The molecule has 0 aliphatic carbocycles. The van der Waals surface area contributed by atoms with E-state index in [0.717, 1.165) is 10.9 Å². The number of carbonyl (C=O) groups is 2. The van der Waals surface area contributed by atoms with Crippen LogP contribution < -0.4 is 14.2 Å². The number of para-hydroxylation sites is 1. The van der Waals surface area contributed by atoms with E-state index < -0.39 is 12.1 Å². The summed E-state index contributed by atoms with van der Waals surface area (Å²) in [7, 11) is 4.54. The minimum absolute atomic E-state index is 0.316. The predicted molar refractivity (Wildman–Crippen MR) is 133 cm³/mol. The highest BCUT2D eigenvalue weighted by molar-refractivity contribution is 6.10. The molecule has 0 aliphatic rings. The Kier molecular flexibility index (Phi) is 7.16. The zero-order valence-electron chi connectivity index (χ0n) is 19.6. The average Bonchev–Trinajstić information content (AvgIpc) is 3.34. The third kappa shape index (κ3) is 5.04. The molecule has 0 radical (unpaired) electrons. The standard InChI is InChI=1S/C28H25NO6/c1-32-23-15-18(16-24(33-2)28(23)34-3)13-14-25(30)35-27(19-9-5-4-6-10-19)26(31)21-17-29-22-12-8-7-11-20(21)22/h4-17,27,29H,1-3H3/b14-13+/t27-/m0/s1. The molecule has 1 N–H and O–H groups in total. The van der Waals surface area contributed by atoms with Crippen molar-refractivity contribution >= 4 is 28.7 Å². The van der Waals surface area contributed by atoms with Crippen molar-refractivity contribution in [1.29, 1.82) is 0 Å². The van der Waals surface area contributed by atoms with Crippen LogP contribution in [0.5, 0.6) is 17.2 Å². The molecule has 1 aromatic heterocycles. The second-order valence-corrected chi connectivity index (χ2v) is 7.63. The molecule has 0 saturated carbocycles. The normalized spacial score (nSPS) is 11.9. The summed E-state index contributed by atoms with van der Waals surface area (Å²) in [6.45, 7) is 0. The Morgan fingerprint density at radius 1 is 0.857 bits per heavy atom. The number of carbonyl (C=O) groups excluding carboxylic acids is 2. The summed E-state index contributed by atoms with van der Waals surface area (Å²) in [5.41, 5.74) is 2.50. The van der Waals surface area contributed by atoms with Gasteiger partial charge in [0.1, 0.15) is 0 Å². The highest BCUT2D eigenvalue weighted by Gasteiger charge is 2.27. The molecule has 3 aromatic carbocycles. The first kappa shape index (κ1) is 23.6. The second kappa shape index (κ2) is 10.6. The van der Waals surface area contributed by atoms with E-state index in [1.54, 1.807) is 48.7 Å². The number of hydrogen-bond acceptors (Lipinski definition) is 6. The zero-order valence-corrected chi connectivity index (χ0v) is 19.6. The van der Waals surface area contributed by atoms with Crippen LogP contribution in [0.1, 0.15) is 27.6 Å². The fourth-order valence-electron chi connectivity index (χ4n) is 3.83. The van der Waals surface area contributed by atoms with Gasteiger partial charge in [0.2, 0.25) is 11.5 Å². The van der Waals surface area contributed by atoms with Gasteiger partial charge in [0.05, 0.1) is 21.3 Å². The number of hydrogen-bond donors (Lipinski definition) is 1. The molecular formula is C28H25NO6. The lowest BCUT2D eigenvalue weighted by Gasteiger charge is -2.16. The van der Waals surface area contributed by atoms with Gasteiger partial charge in [0.25, 0.3) is 0 Å². The Balaban J connectivity index is 1.61. The quantitative estimate of drug-likeness (QED) is 0.201. The number of aromatic nitrogens is 1. The number of nitrogens with one attached hydrogen (secondary N) is 1. The van der Waals surface area contributed by atoms with E-state index in [9.17, 15) is 9.59 Å². The van der Waals surface area contributed by atoms with Crippen molar-refractivity contribution in [2.24, 2.45) is 0 Å². The lowest BCUT2D eigenvalue weighted by Crippen LogP contribution is -2.19. The van der Waals surface area contributed by atoms with Gasteiger partial charge < -0.3 is 23.9 Å². The van der Waals surface area contributed by atoms with E-state index in [2.05, 4.69) is 4.98 Å². The SMILES string of the molecule is COc1cc(/C=C/C(=O)O[C@H](C(=O)c2c[nH]c3ccccc23)c2ccccc2)cc(OC)c1OC. The topological polar surface area (TPSA) is 86.9 Å². The van der Waals surface area contributed by atoms with Crippen molar-refractivity contribution in [3.8, 4) is 17.2 Å². The molecule has 0 aliphatic heterocycles. The zero-order chi connectivity index (χ0) is 24.8. The number of aromatic amines is 1. The molecule has 0 bridgehead atoms. The Hall–Kier alpha value is -4.52. The van der Waals surface area contributed by atoms with Gasteiger partial charge in [-0.15, -0.1) is 0 Å². The Labute approximate surface area is 202 Å². The fourth-order valence-corrected chi connectivity index (χ4v) is 3.83. The molecule has 0 amide bonds. The summed E-state index contributed by atoms with van der Waals surface area (Å²) in [5, 5.41) is 0.766. The van der Waals surface area contributed by atoms with Crippen molar-refractivity contribution in [2.45, 2.75) is 6.10 Å². The minimum Gasteiger partial charge on any atom is -0.493 e. The van der Waals surface area contributed by atoms with Crippen LogP contribution in [0.15, 0.2) is 79.0 Å². The van der Waals surface area contributed by atoms with Crippen LogP contribution in [0, 0.1) is 0 Å². The van der Waals surface area contributed by atoms with Crippen molar-refractivity contribution in [2.75, 3.05) is 21.3 Å². The second-order valence-electron chi connectivity index (χ2n) is 7.63. The van der Waals surface area contributed by atoms with E-state index in [0.29, 0.717) is 33.9 Å². The largest absolute Gasteiger partial charge is 0.493 e. The van der Waals surface area contributed by atoms with Gasteiger partial charge >= 0.3 is 5.97 Å². The maximum atomic E-state index is 13.5. The first-order valence-electron chi connectivity index (χ1n) is 10.9. The van der Waals surface area contributed by atoms with E-state index >= 15 is 0 Å². The Morgan fingerprint density at radius 3 is 2.17 bits per heavy atom. The summed E-state index contributed by atoms with van der Waals surface area (Å²) in [6, 6.07) is 19.8. The maximum absolute atomic E-state index is 13.5. The molecule has 1 atom stereocenters. The number of esters is 1. The van der Waals surface area contributed by atoms with E-state index in [1.165, 1.54) is 27.4 Å². The third-order valence-electron chi connectivity index (χ3n) is 5.53. The molecule has 0 fully saturated rings. The van der Waals surface area contributed by atoms with Gasteiger partial charge in [-0.2, -0.15) is 0 Å². The molecule has 7 heteroatoms. The molecule has 35 heavy (non-hydrogen) atoms. The lowest BCUT2D eigenvalue weighted by molar-refractivity contribution is -0.141. The van der Waals surface area contributed by atoms with Gasteiger partial charge in [-0.25, -0.2) is 4.79 Å². The molecule has 4 rings (SSSR count). The molecule has 0 unspecified atom stereocenters. The van der Waals surface area contributed by atoms with Crippen LogP contribution in [0.25, 0.3) is 17.0 Å². The third-order valence-corrected chi connectivity index (χ3v) is 5.53. The molecule has 4 aromatic rings. The van der Waals surface area contributed by atoms with Crippen LogP contribution in [0.3, 0.4) is 0 Å². The summed E-state index contributed by atoms with van der Waals surface area (Å²) >= 11 is 0. The van der Waals surface area contributed by atoms with E-state index in [-0.39, 0.29) is 5.78 Å². The molecular weight excluding hydrogens is 446 g/mol. The first-order valence-corrected chi connectivity index (χ1v) is 10.9. The molecule has 1 heterocycles. The smallest absolute Gasteiger partial charge is 0.331 e. The molecule has 178 valence electrons. The average molecular weight is 472 g/mol. The monoisotopic (exact) mass is 471 g/mol. The van der Waals surface area contributed by atoms with Gasteiger partial charge in [0, 0.05) is 34.3 Å². The molecule has 0 spiro atoms. The van der Waals surface area contributed by atoms with E-state index in [1.807, 2.05) is 30.3 Å². The molecule has 0 saturated heterocycles. The van der Waals surface area contributed by atoms with Crippen molar-refractivity contribution in [3.63, 3.8) is 0 Å². The highest BCUT2D eigenvalue weighted by Crippen LogP contribution is 2.38. The van der Waals surface area contributed by atoms with Gasteiger partial charge in [-0.1, -0.05) is 48.5 Å². The van der Waals surface area contributed by atoms with Crippen LogP contribution in [0.4, 0.5) is 0 Å². The van der Waals surface area contributed by atoms with Gasteiger partial charge in [0.15, 0.2) is 17.6 Å². The lowest BCUT2D eigenvalue weighted by atomic mass is 9.99. The number of benzene rings is 3. The first-order chi connectivity index (χ1) is 17.0. The Morgan fingerprint density at radius 2 is 1.51 bits per heavy atom. The predicted octanol–water partition coefficient (Wildman–Crippen LogP) is 5.37. The maximum Gasteiger partial charge on any atom is 0.331 e. The number of Topliss-reactive ketones (excluding diaryl/α,β-unsaturated/α-hetero) is 1. The summed E-state index contributed by atoms with van der Waals surface area (Å²) in [6.07, 6.45) is 3.36. The van der Waals surface area contributed by atoms with Gasteiger partial charge in [-0.3, -0.25) is 4.79 Å². The number of rotatable bonds is 9. The van der Waals surface area contributed by atoms with Crippen molar-refractivity contribution in [3.05, 3.63) is 95.7 Å². The number of ketones is 1. The highest BCUT2D eigenvalue weighted by atomic mass is 16.5. The summed E-state index contributed by atoms with van der Waals surface area (Å²) < 4.78 is 21.7. The minimum atomic E-state index is -1.10. The van der Waals surface area contributed by atoms with Gasteiger partial charge in [-0.05, 0) is 29.8 Å². The number of methoxy groups -OCH3 is 3. The van der Waals surface area contributed by atoms with Crippen LogP contribution >= 0.6 is 0 Å². The summed E-state index contributed by atoms with van der Waals surface area (Å²) in [5.74, 6) is 0.375.